The van der Waals surface area contributed by atoms with Crippen LogP contribution in [0.3, 0.4) is 0 Å². The van der Waals surface area contributed by atoms with E-state index < -0.39 is 0 Å². The predicted molar refractivity (Wildman–Crippen MR) is 65.3 cm³/mol. The van der Waals surface area contributed by atoms with Gasteiger partial charge in [0.2, 0.25) is 5.95 Å². The van der Waals surface area contributed by atoms with Crippen LogP contribution in [0.25, 0.3) is 11.0 Å². The monoisotopic (exact) mass is 233 g/mol. The number of nitrogens with zero attached hydrogens (tertiary/aromatic N) is 3. The summed E-state index contributed by atoms with van der Waals surface area (Å²) in [6, 6.07) is 0. The minimum atomic E-state index is 0.387. The Balaban J connectivity index is 1.86. The largest absolute Gasteiger partial charge is 0.369 e. The molecule has 1 fully saturated rings. The SMILES string of the molecule is NNc1nc(NCC2CCC2)c2cn[nH]c2n1. The van der Waals surface area contributed by atoms with Crippen molar-refractivity contribution in [3.05, 3.63) is 6.20 Å². The summed E-state index contributed by atoms with van der Waals surface area (Å²) in [5.41, 5.74) is 3.14. The van der Waals surface area contributed by atoms with Crippen molar-refractivity contribution in [2.24, 2.45) is 11.8 Å². The third kappa shape index (κ3) is 1.89. The first-order valence-electron chi connectivity index (χ1n) is 5.78. The van der Waals surface area contributed by atoms with Crippen LogP contribution in [0.4, 0.5) is 11.8 Å². The van der Waals surface area contributed by atoms with Gasteiger partial charge in [-0.25, -0.2) is 5.84 Å². The Hall–Kier alpha value is -1.89. The van der Waals surface area contributed by atoms with Crippen LogP contribution in [-0.2, 0) is 0 Å². The summed E-state index contributed by atoms with van der Waals surface area (Å²) in [5.74, 6) is 7.27. The highest BCUT2D eigenvalue weighted by atomic mass is 15.3. The van der Waals surface area contributed by atoms with Crippen LogP contribution in [0.2, 0.25) is 0 Å². The van der Waals surface area contributed by atoms with Crippen molar-refractivity contribution in [1.82, 2.24) is 20.2 Å². The highest BCUT2D eigenvalue weighted by Gasteiger charge is 2.18. The van der Waals surface area contributed by atoms with E-state index >= 15 is 0 Å². The van der Waals surface area contributed by atoms with Crippen LogP contribution in [0.5, 0.6) is 0 Å². The summed E-state index contributed by atoms with van der Waals surface area (Å²) >= 11 is 0. The second-order valence-electron chi connectivity index (χ2n) is 4.35. The number of nitrogen functional groups attached to an aromatic ring is 1. The van der Waals surface area contributed by atoms with E-state index in [0.717, 1.165) is 23.7 Å². The van der Waals surface area contributed by atoms with Crippen molar-refractivity contribution in [3.8, 4) is 0 Å². The molecule has 0 spiro atoms. The molecule has 0 aromatic carbocycles. The number of aromatic nitrogens is 4. The second-order valence-corrected chi connectivity index (χ2v) is 4.35. The van der Waals surface area contributed by atoms with E-state index in [4.69, 9.17) is 5.84 Å². The number of H-pyrrole nitrogens is 1. The summed E-state index contributed by atoms with van der Waals surface area (Å²) in [6.07, 6.45) is 5.66. The van der Waals surface area contributed by atoms with Gasteiger partial charge in [0, 0.05) is 6.54 Å². The number of nitrogens with two attached hydrogens (primary N) is 1. The van der Waals surface area contributed by atoms with Gasteiger partial charge >= 0.3 is 0 Å². The van der Waals surface area contributed by atoms with Crippen LogP contribution in [0.1, 0.15) is 19.3 Å². The van der Waals surface area contributed by atoms with Gasteiger partial charge in [0.1, 0.15) is 5.82 Å². The van der Waals surface area contributed by atoms with Gasteiger partial charge in [0.15, 0.2) is 5.65 Å². The predicted octanol–water partition coefficient (Wildman–Crippen LogP) is 0.850. The average molecular weight is 233 g/mol. The van der Waals surface area contributed by atoms with Crippen LogP contribution in [0.15, 0.2) is 6.20 Å². The van der Waals surface area contributed by atoms with Gasteiger partial charge in [-0.1, -0.05) is 6.42 Å². The molecule has 2 heterocycles. The van der Waals surface area contributed by atoms with Crippen LogP contribution >= 0.6 is 0 Å². The van der Waals surface area contributed by atoms with Gasteiger partial charge < -0.3 is 5.32 Å². The van der Waals surface area contributed by atoms with E-state index in [1.807, 2.05) is 0 Å². The summed E-state index contributed by atoms with van der Waals surface area (Å²) < 4.78 is 0. The molecule has 5 N–H and O–H groups in total. The lowest BCUT2D eigenvalue weighted by atomic mass is 9.85. The van der Waals surface area contributed by atoms with Crippen molar-refractivity contribution >= 4 is 22.8 Å². The molecule has 0 unspecified atom stereocenters. The molecule has 0 bridgehead atoms. The molecule has 90 valence electrons. The highest BCUT2D eigenvalue weighted by molar-refractivity contribution is 5.86. The third-order valence-corrected chi connectivity index (χ3v) is 3.22. The molecule has 1 aliphatic carbocycles. The molecule has 0 aliphatic heterocycles. The quantitative estimate of drug-likeness (QED) is 0.461. The zero-order valence-corrected chi connectivity index (χ0v) is 9.40. The molecule has 7 heteroatoms. The molecular weight excluding hydrogens is 218 g/mol. The number of hydrogen-bond acceptors (Lipinski definition) is 6. The van der Waals surface area contributed by atoms with Crippen molar-refractivity contribution in [2.75, 3.05) is 17.3 Å². The van der Waals surface area contributed by atoms with Gasteiger partial charge in [-0.3, -0.25) is 10.5 Å². The third-order valence-electron chi connectivity index (χ3n) is 3.22. The number of rotatable bonds is 4. The molecule has 0 radical (unpaired) electrons. The van der Waals surface area contributed by atoms with E-state index in [-0.39, 0.29) is 0 Å². The van der Waals surface area contributed by atoms with Gasteiger partial charge in [-0.15, -0.1) is 0 Å². The molecule has 1 saturated carbocycles. The Kier molecular flexibility index (Phi) is 2.52. The Labute approximate surface area is 98.2 Å². The fourth-order valence-corrected chi connectivity index (χ4v) is 1.97. The summed E-state index contributed by atoms with van der Waals surface area (Å²) in [6.45, 7) is 0.946. The van der Waals surface area contributed by atoms with Gasteiger partial charge in [-0.05, 0) is 18.8 Å². The maximum Gasteiger partial charge on any atom is 0.241 e. The maximum absolute atomic E-state index is 5.33. The van der Waals surface area contributed by atoms with Crippen molar-refractivity contribution in [2.45, 2.75) is 19.3 Å². The first kappa shape index (κ1) is 10.3. The second kappa shape index (κ2) is 4.17. The van der Waals surface area contributed by atoms with Crippen LogP contribution < -0.4 is 16.6 Å². The first-order valence-corrected chi connectivity index (χ1v) is 5.78. The minimum Gasteiger partial charge on any atom is -0.369 e. The molecule has 7 nitrogen and oxygen atoms in total. The normalized spacial score (nSPS) is 15.8. The molecule has 0 amide bonds. The van der Waals surface area contributed by atoms with Crippen molar-refractivity contribution in [1.29, 1.82) is 0 Å². The number of fused-ring (bicyclic) bond motifs is 1. The number of nitrogens with one attached hydrogen (secondary N) is 3. The summed E-state index contributed by atoms with van der Waals surface area (Å²) in [7, 11) is 0. The Morgan fingerprint density at radius 2 is 2.29 bits per heavy atom. The summed E-state index contributed by atoms with van der Waals surface area (Å²) in [4.78, 5) is 8.47. The number of hydrogen-bond donors (Lipinski definition) is 4. The lowest BCUT2D eigenvalue weighted by Gasteiger charge is -2.25. The topological polar surface area (TPSA) is 105 Å². The van der Waals surface area contributed by atoms with E-state index in [0.29, 0.717) is 11.6 Å². The van der Waals surface area contributed by atoms with Gasteiger partial charge in [0.25, 0.3) is 0 Å². The lowest BCUT2D eigenvalue weighted by molar-refractivity contribution is 0.333. The fraction of sp³-hybridized carbons (Fsp3) is 0.500. The Bertz CT molecular complexity index is 516. The van der Waals surface area contributed by atoms with E-state index in [2.05, 4.69) is 30.9 Å². The van der Waals surface area contributed by atoms with E-state index in [1.54, 1.807) is 6.20 Å². The molecule has 0 saturated heterocycles. The van der Waals surface area contributed by atoms with Crippen molar-refractivity contribution in [3.63, 3.8) is 0 Å². The zero-order valence-electron chi connectivity index (χ0n) is 9.40. The molecule has 0 atom stereocenters. The van der Waals surface area contributed by atoms with Crippen LogP contribution in [0, 0.1) is 5.92 Å². The lowest BCUT2D eigenvalue weighted by Crippen LogP contribution is -2.22. The molecular formula is C10H15N7. The Morgan fingerprint density at radius 1 is 1.41 bits per heavy atom. The maximum atomic E-state index is 5.33. The number of anilines is 2. The zero-order chi connectivity index (χ0) is 11.7. The van der Waals surface area contributed by atoms with E-state index in [9.17, 15) is 0 Å². The molecule has 2 aromatic rings. The van der Waals surface area contributed by atoms with Crippen LogP contribution in [-0.4, -0.2) is 26.7 Å². The van der Waals surface area contributed by atoms with Gasteiger partial charge in [0.05, 0.1) is 11.6 Å². The Morgan fingerprint density at radius 3 is 3.00 bits per heavy atom. The molecule has 3 rings (SSSR count). The fourth-order valence-electron chi connectivity index (χ4n) is 1.97. The molecule has 2 aromatic heterocycles. The minimum absolute atomic E-state index is 0.387. The standard InChI is InChI=1S/C10H15N7/c11-16-10-14-8(12-4-6-2-1-3-6)7-5-13-17-9(7)15-10/h5-6H,1-4,11H2,(H3,12,13,14,15,16,17). The number of hydrazine groups is 1. The first-order chi connectivity index (χ1) is 8.36. The van der Waals surface area contributed by atoms with Gasteiger partial charge in [-0.2, -0.15) is 15.1 Å². The average Bonchev–Trinajstić information content (AvgIpc) is 2.74. The smallest absolute Gasteiger partial charge is 0.241 e. The van der Waals surface area contributed by atoms with E-state index in [1.165, 1.54) is 19.3 Å². The highest BCUT2D eigenvalue weighted by Crippen LogP contribution is 2.27. The molecule has 17 heavy (non-hydrogen) atoms. The number of aromatic amines is 1. The summed E-state index contributed by atoms with van der Waals surface area (Å²) in [5, 5.41) is 11.0. The van der Waals surface area contributed by atoms with Crippen molar-refractivity contribution < 1.29 is 0 Å². The molecule has 1 aliphatic rings.